The highest BCUT2D eigenvalue weighted by molar-refractivity contribution is 7.16. The van der Waals surface area contributed by atoms with Crippen LogP contribution < -0.4 is 15.6 Å². The molecule has 1 fully saturated rings. The third-order valence-electron chi connectivity index (χ3n) is 3.61. The van der Waals surface area contributed by atoms with Gasteiger partial charge in [-0.15, -0.1) is 6.58 Å². The van der Waals surface area contributed by atoms with Crippen LogP contribution in [0.3, 0.4) is 0 Å². The SMILES string of the molecule is C=C[C@@H]1[C@@H](F)[C@@H](CO)O[C@H]1n1c(=O)sc2c([OH2+])nc(N)[nH+]c21. The van der Waals surface area contributed by atoms with Gasteiger partial charge in [0.25, 0.3) is 0 Å². The van der Waals surface area contributed by atoms with E-state index in [2.05, 4.69) is 16.5 Å². The molecule has 1 saturated heterocycles. The second-order valence-electron chi connectivity index (χ2n) is 4.89. The average Bonchev–Trinajstić information content (AvgIpc) is 2.95. The van der Waals surface area contributed by atoms with Gasteiger partial charge >= 0.3 is 16.7 Å². The summed E-state index contributed by atoms with van der Waals surface area (Å²) in [6.45, 7) is 3.06. The van der Waals surface area contributed by atoms with Crippen LogP contribution in [0.15, 0.2) is 17.4 Å². The number of hydrogen-bond donors (Lipinski definition) is 2. The van der Waals surface area contributed by atoms with Gasteiger partial charge in [-0.3, -0.25) is 0 Å². The molecular weight excluding hydrogens is 315 g/mol. The molecular formula is C12H15FN4O4S+2. The van der Waals surface area contributed by atoms with E-state index in [9.17, 15) is 14.3 Å². The van der Waals surface area contributed by atoms with Gasteiger partial charge in [-0.1, -0.05) is 6.08 Å². The van der Waals surface area contributed by atoms with Gasteiger partial charge in [0.15, 0.2) is 6.23 Å². The lowest BCUT2D eigenvalue weighted by Gasteiger charge is -2.14. The van der Waals surface area contributed by atoms with Crippen LogP contribution in [-0.4, -0.2) is 38.6 Å². The number of fused-ring (bicyclic) bond motifs is 1. The number of aliphatic hydroxyl groups excluding tert-OH is 1. The van der Waals surface area contributed by atoms with Crippen molar-refractivity contribution in [1.82, 2.24) is 9.55 Å². The number of anilines is 1. The Morgan fingerprint density at radius 3 is 3.05 bits per heavy atom. The predicted molar refractivity (Wildman–Crippen MR) is 77.5 cm³/mol. The molecule has 1 aliphatic heterocycles. The molecule has 1 aliphatic rings. The van der Waals surface area contributed by atoms with Crippen LogP contribution in [0.25, 0.3) is 10.3 Å². The van der Waals surface area contributed by atoms with Crippen molar-refractivity contribution in [2.45, 2.75) is 18.5 Å². The molecule has 4 atom stereocenters. The van der Waals surface area contributed by atoms with Crippen LogP contribution >= 0.6 is 11.3 Å². The van der Waals surface area contributed by atoms with Gasteiger partial charge < -0.3 is 20.7 Å². The van der Waals surface area contributed by atoms with Crippen molar-refractivity contribution < 1.29 is 24.3 Å². The van der Waals surface area contributed by atoms with E-state index in [4.69, 9.17) is 15.6 Å². The smallest absolute Gasteiger partial charge is 0.438 e. The molecule has 3 rings (SSSR count). The summed E-state index contributed by atoms with van der Waals surface area (Å²) in [7, 11) is 0. The normalized spacial score (nSPS) is 28.3. The molecule has 0 unspecified atom stereocenters. The largest absolute Gasteiger partial charge is 0.568 e. The fourth-order valence-corrected chi connectivity index (χ4v) is 3.44. The van der Waals surface area contributed by atoms with E-state index in [1.54, 1.807) is 0 Å². The summed E-state index contributed by atoms with van der Waals surface area (Å²) < 4.78 is 21.2. The number of hydrogen-bond acceptors (Lipinski definition) is 6. The summed E-state index contributed by atoms with van der Waals surface area (Å²) in [4.78, 5) is 18.3. The first-order valence-electron chi connectivity index (χ1n) is 6.46. The molecule has 0 amide bonds. The Morgan fingerprint density at radius 2 is 2.41 bits per heavy atom. The van der Waals surface area contributed by atoms with Gasteiger partial charge in [0, 0.05) is 0 Å². The number of nitrogen functional groups attached to an aromatic ring is 1. The zero-order valence-corrected chi connectivity index (χ0v) is 12.1. The Kier molecular flexibility index (Phi) is 3.59. The lowest BCUT2D eigenvalue weighted by Crippen LogP contribution is -2.28. The van der Waals surface area contributed by atoms with Gasteiger partial charge in [0.05, 0.1) is 12.5 Å². The number of rotatable bonds is 3. The van der Waals surface area contributed by atoms with E-state index in [1.165, 1.54) is 10.6 Å². The number of thiazole rings is 1. The van der Waals surface area contributed by atoms with Crippen LogP contribution in [0.2, 0.25) is 0 Å². The number of ether oxygens (including phenoxy) is 1. The van der Waals surface area contributed by atoms with E-state index in [0.29, 0.717) is 4.70 Å². The van der Waals surface area contributed by atoms with E-state index in [-0.39, 0.29) is 17.5 Å². The van der Waals surface area contributed by atoms with Gasteiger partial charge in [-0.2, -0.15) is 0 Å². The summed E-state index contributed by atoms with van der Waals surface area (Å²) >= 11 is 0.795. The minimum absolute atomic E-state index is 0.0345. The Labute approximate surface area is 127 Å². The summed E-state index contributed by atoms with van der Waals surface area (Å²) in [6, 6.07) is 0. The molecule has 0 radical (unpaired) electrons. The Morgan fingerprint density at radius 1 is 1.68 bits per heavy atom. The average molecular weight is 330 g/mol. The number of aliphatic hydroxyl groups is 1. The van der Waals surface area contributed by atoms with Crippen molar-refractivity contribution in [2.75, 3.05) is 12.3 Å². The summed E-state index contributed by atoms with van der Waals surface area (Å²) in [5.74, 6) is -0.979. The highest BCUT2D eigenvalue weighted by Gasteiger charge is 2.47. The topological polar surface area (TPSA) is 127 Å². The van der Waals surface area contributed by atoms with E-state index < -0.39 is 35.9 Å². The van der Waals surface area contributed by atoms with E-state index in [0.717, 1.165) is 11.3 Å². The van der Waals surface area contributed by atoms with Crippen LogP contribution in [0.1, 0.15) is 6.23 Å². The first kappa shape index (κ1) is 14.9. The summed E-state index contributed by atoms with van der Waals surface area (Å²) in [5, 5.41) is 17.0. The van der Waals surface area contributed by atoms with Crippen LogP contribution in [0.4, 0.5) is 10.3 Å². The molecule has 22 heavy (non-hydrogen) atoms. The summed E-state index contributed by atoms with van der Waals surface area (Å²) in [6.07, 6.45) is -2.13. The molecule has 0 saturated carbocycles. The quantitative estimate of drug-likeness (QED) is 0.569. The number of nitrogens with zero attached hydrogens (tertiary/aromatic N) is 2. The third-order valence-corrected chi connectivity index (χ3v) is 4.57. The molecule has 0 spiro atoms. The Balaban J connectivity index is 2.20. The zero-order chi connectivity index (χ0) is 16.0. The Hall–Kier alpha value is -2.04. The summed E-state index contributed by atoms with van der Waals surface area (Å²) in [5.41, 5.74) is 5.82. The maximum atomic E-state index is 14.2. The van der Waals surface area contributed by atoms with Gasteiger partial charge in [-0.25, -0.2) is 18.7 Å². The van der Waals surface area contributed by atoms with Crippen LogP contribution in [-0.2, 0) is 4.74 Å². The first-order valence-corrected chi connectivity index (χ1v) is 7.28. The van der Waals surface area contributed by atoms with Gasteiger partial charge in [-0.05, 0) is 16.3 Å². The molecule has 2 aromatic rings. The lowest BCUT2D eigenvalue weighted by molar-refractivity contribution is -0.337. The standard InChI is InChI=1S/C12H13FN4O4S/c1-2-4-6(13)5(3-18)21-10(4)17-8-7(22-12(17)20)9(19)16-11(14)15-8/h2,4-6,10,18H,1,3H2,(H3,14,15,16,19)/p+2/t4-,5-,6-,10-/m1/s1. The first-order chi connectivity index (χ1) is 10.5. The molecule has 118 valence electrons. The lowest BCUT2D eigenvalue weighted by atomic mass is 10.0. The predicted octanol–water partition coefficient (Wildman–Crippen LogP) is -0.678. The Bertz CT molecular complexity index is 791. The maximum Gasteiger partial charge on any atom is 0.438 e. The van der Waals surface area contributed by atoms with Crippen molar-refractivity contribution in [1.29, 1.82) is 0 Å². The minimum atomic E-state index is -1.48. The molecule has 6 N–H and O–H groups in total. The third kappa shape index (κ3) is 2.07. The molecule has 0 bridgehead atoms. The molecule has 8 nitrogen and oxygen atoms in total. The van der Waals surface area contributed by atoms with Crippen LogP contribution in [0.5, 0.6) is 5.88 Å². The van der Waals surface area contributed by atoms with E-state index >= 15 is 0 Å². The van der Waals surface area contributed by atoms with E-state index in [1.807, 2.05) is 0 Å². The number of aromatic amines is 1. The maximum absolute atomic E-state index is 14.2. The fraction of sp³-hybridized carbons (Fsp3) is 0.417. The number of halogens is 1. The molecule has 3 heterocycles. The van der Waals surface area contributed by atoms with Gasteiger partial charge in [0.2, 0.25) is 10.3 Å². The number of nitrogens with one attached hydrogen (secondary N) is 1. The number of aromatic nitrogens is 3. The van der Waals surface area contributed by atoms with Crippen molar-refractivity contribution in [3.05, 3.63) is 22.3 Å². The van der Waals surface area contributed by atoms with Crippen molar-refractivity contribution >= 4 is 27.6 Å². The highest BCUT2D eigenvalue weighted by Crippen LogP contribution is 2.38. The zero-order valence-electron chi connectivity index (χ0n) is 11.3. The number of nitrogens with two attached hydrogens (primary N) is 1. The second kappa shape index (κ2) is 5.30. The van der Waals surface area contributed by atoms with Crippen molar-refractivity contribution in [3.63, 3.8) is 0 Å². The van der Waals surface area contributed by atoms with Crippen molar-refractivity contribution in [3.8, 4) is 5.88 Å². The molecule has 10 heteroatoms. The minimum Gasteiger partial charge on any atom is -0.568 e. The second-order valence-corrected chi connectivity index (χ2v) is 5.85. The monoisotopic (exact) mass is 330 g/mol. The number of alkyl halides is 1. The van der Waals surface area contributed by atoms with Crippen LogP contribution in [0, 0.1) is 5.92 Å². The highest BCUT2D eigenvalue weighted by atomic mass is 32.1. The molecule has 2 aromatic heterocycles. The number of H-pyrrole nitrogens is 1. The van der Waals surface area contributed by atoms with Crippen molar-refractivity contribution in [2.24, 2.45) is 5.92 Å². The molecule has 0 aliphatic carbocycles. The fourth-order valence-electron chi connectivity index (χ4n) is 2.59. The van der Waals surface area contributed by atoms with Gasteiger partial charge in [0.1, 0.15) is 12.3 Å². The molecule has 0 aromatic carbocycles.